The van der Waals surface area contributed by atoms with E-state index in [2.05, 4.69) is 17.6 Å². The molecule has 22 heavy (non-hydrogen) atoms. The largest absolute Gasteiger partial charge is 0.362 e. The number of nitro groups is 1. The van der Waals surface area contributed by atoms with Crippen molar-refractivity contribution in [1.82, 2.24) is 10.6 Å². The molecule has 1 amide bonds. The molecule has 1 rings (SSSR count). The van der Waals surface area contributed by atoms with Crippen LogP contribution in [0.25, 0.3) is 0 Å². The summed E-state index contributed by atoms with van der Waals surface area (Å²) in [6.07, 6.45) is 5.75. The number of unbranched alkanes of at least 4 members (excludes halogenated alkanes) is 4. The van der Waals surface area contributed by atoms with Gasteiger partial charge < -0.3 is 5.32 Å². The molecule has 0 saturated carbocycles. The van der Waals surface area contributed by atoms with Gasteiger partial charge in [-0.15, -0.1) is 0 Å². The van der Waals surface area contributed by atoms with Crippen LogP contribution in [0.1, 0.15) is 49.4 Å². The minimum Gasteiger partial charge on any atom is -0.362 e. The number of rotatable bonds is 8. The number of hydrogen-bond donors (Lipinski definition) is 2. The Morgan fingerprint density at radius 2 is 2.00 bits per heavy atom. The summed E-state index contributed by atoms with van der Waals surface area (Å²) in [5.74, 6) is -0.452. The number of thiocarbonyl (C=S) groups is 1. The molecule has 120 valence electrons. The molecule has 0 saturated heterocycles. The molecular weight excluding hydrogens is 302 g/mol. The van der Waals surface area contributed by atoms with E-state index in [1.807, 2.05) is 0 Å². The second kappa shape index (κ2) is 9.83. The smallest absolute Gasteiger partial charge is 0.270 e. The molecule has 0 spiro atoms. The van der Waals surface area contributed by atoms with Crippen molar-refractivity contribution >= 4 is 28.9 Å². The maximum atomic E-state index is 11.9. The average molecular weight is 323 g/mol. The molecule has 0 aliphatic rings. The van der Waals surface area contributed by atoms with Gasteiger partial charge in [0.15, 0.2) is 5.11 Å². The number of carbonyl (C=O) groups is 1. The summed E-state index contributed by atoms with van der Waals surface area (Å²) in [5, 5.41) is 16.4. The van der Waals surface area contributed by atoms with E-state index in [0.717, 1.165) is 12.8 Å². The van der Waals surface area contributed by atoms with Gasteiger partial charge in [-0.3, -0.25) is 20.2 Å². The van der Waals surface area contributed by atoms with Gasteiger partial charge in [0.1, 0.15) is 0 Å². The van der Waals surface area contributed by atoms with Gasteiger partial charge >= 0.3 is 0 Å². The quantitative estimate of drug-likeness (QED) is 0.332. The lowest BCUT2D eigenvalue weighted by Gasteiger charge is -2.09. The molecule has 2 N–H and O–H groups in total. The molecule has 0 aliphatic carbocycles. The summed E-state index contributed by atoms with van der Waals surface area (Å²) in [4.78, 5) is 22.1. The molecule has 0 heterocycles. The number of non-ortho nitro benzene ring substituents is 1. The molecule has 0 aromatic heterocycles. The van der Waals surface area contributed by atoms with Crippen molar-refractivity contribution in [3.63, 3.8) is 0 Å². The molecule has 7 heteroatoms. The molecule has 0 fully saturated rings. The highest BCUT2D eigenvalue weighted by molar-refractivity contribution is 7.80. The standard InChI is InChI=1S/C15H21N3O3S/c1-2-3-4-5-6-10-16-15(22)17-14(19)12-8-7-9-13(11-12)18(20)21/h7-9,11H,2-6,10H2,1H3,(H2,16,17,19,22). The fourth-order valence-electron chi connectivity index (χ4n) is 1.91. The highest BCUT2D eigenvalue weighted by atomic mass is 32.1. The predicted octanol–water partition coefficient (Wildman–Crippen LogP) is 3.17. The van der Waals surface area contributed by atoms with E-state index in [9.17, 15) is 14.9 Å². The first-order chi connectivity index (χ1) is 10.5. The lowest BCUT2D eigenvalue weighted by atomic mass is 10.1. The molecule has 1 aromatic rings. The van der Waals surface area contributed by atoms with E-state index in [1.165, 1.54) is 43.5 Å². The maximum Gasteiger partial charge on any atom is 0.270 e. The highest BCUT2D eigenvalue weighted by Gasteiger charge is 2.12. The first-order valence-corrected chi connectivity index (χ1v) is 7.79. The monoisotopic (exact) mass is 323 g/mol. The molecular formula is C15H21N3O3S. The van der Waals surface area contributed by atoms with Crippen LogP contribution in [0, 0.1) is 10.1 Å². The third-order valence-electron chi connectivity index (χ3n) is 3.11. The van der Waals surface area contributed by atoms with Gasteiger partial charge in [0.05, 0.1) is 4.92 Å². The van der Waals surface area contributed by atoms with Gasteiger partial charge in [-0.1, -0.05) is 38.7 Å². The van der Waals surface area contributed by atoms with Gasteiger partial charge in [0.25, 0.3) is 11.6 Å². The Hall–Kier alpha value is -2.02. The number of nitrogens with one attached hydrogen (secondary N) is 2. The first kappa shape index (κ1) is 18.0. The van der Waals surface area contributed by atoms with E-state index < -0.39 is 10.8 Å². The van der Waals surface area contributed by atoms with Crippen LogP contribution in [0.2, 0.25) is 0 Å². The SMILES string of the molecule is CCCCCCCNC(=S)NC(=O)c1cccc([N+](=O)[O-])c1. The minimum absolute atomic E-state index is 0.123. The van der Waals surface area contributed by atoms with Gasteiger partial charge in [-0.2, -0.15) is 0 Å². The number of hydrogen-bond acceptors (Lipinski definition) is 4. The van der Waals surface area contributed by atoms with Crippen molar-refractivity contribution in [3.05, 3.63) is 39.9 Å². The second-order valence-electron chi connectivity index (χ2n) is 4.93. The van der Waals surface area contributed by atoms with E-state index in [0.29, 0.717) is 6.54 Å². The van der Waals surface area contributed by atoms with Crippen molar-refractivity contribution in [2.24, 2.45) is 0 Å². The van der Waals surface area contributed by atoms with Crippen molar-refractivity contribution in [2.45, 2.75) is 39.0 Å². The van der Waals surface area contributed by atoms with Crippen LogP contribution in [0.3, 0.4) is 0 Å². The number of nitro benzene ring substituents is 1. The predicted molar refractivity (Wildman–Crippen MR) is 89.9 cm³/mol. The van der Waals surface area contributed by atoms with Crippen LogP contribution in [-0.2, 0) is 0 Å². The Morgan fingerprint density at radius 1 is 1.27 bits per heavy atom. The van der Waals surface area contributed by atoms with Gasteiger partial charge in [0, 0.05) is 24.2 Å². The van der Waals surface area contributed by atoms with Crippen molar-refractivity contribution in [3.8, 4) is 0 Å². The number of amides is 1. The van der Waals surface area contributed by atoms with Crippen LogP contribution in [0.15, 0.2) is 24.3 Å². The Morgan fingerprint density at radius 3 is 2.68 bits per heavy atom. The molecule has 0 atom stereocenters. The summed E-state index contributed by atoms with van der Waals surface area (Å²) in [5.41, 5.74) is 0.0868. The van der Waals surface area contributed by atoms with Crippen molar-refractivity contribution < 1.29 is 9.72 Å². The van der Waals surface area contributed by atoms with Crippen LogP contribution < -0.4 is 10.6 Å². The van der Waals surface area contributed by atoms with Gasteiger partial charge in [-0.25, -0.2) is 0 Å². The Labute approximate surface area is 135 Å². The lowest BCUT2D eigenvalue weighted by molar-refractivity contribution is -0.384. The topological polar surface area (TPSA) is 84.3 Å². The molecule has 0 radical (unpaired) electrons. The fourth-order valence-corrected chi connectivity index (χ4v) is 2.11. The third-order valence-corrected chi connectivity index (χ3v) is 3.36. The van der Waals surface area contributed by atoms with Gasteiger partial charge in [-0.05, 0) is 24.7 Å². The number of carbonyl (C=O) groups excluding carboxylic acids is 1. The van der Waals surface area contributed by atoms with Crippen LogP contribution in [0.4, 0.5) is 5.69 Å². The Bertz CT molecular complexity index is 535. The molecule has 6 nitrogen and oxygen atoms in total. The summed E-state index contributed by atoms with van der Waals surface area (Å²) in [6.45, 7) is 2.87. The van der Waals surface area contributed by atoms with E-state index in [-0.39, 0.29) is 16.4 Å². The molecule has 0 unspecified atom stereocenters. The van der Waals surface area contributed by atoms with Crippen LogP contribution in [-0.4, -0.2) is 22.5 Å². The van der Waals surface area contributed by atoms with E-state index in [1.54, 1.807) is 0 Å². The Balaban J connectivity index is 2.36. The van der Waals surface area contributed by atoms with Crippen molar-refractivity contribution in [2.75, 3.05) is 6.54 Å². The zero-order valence-electron chi connectivity index (χ0n) is 12.6. The van der Waals surface area contributed by atoms with E-state index >= 15 is 0 Å². The lowest BCUT2D eigenvalue weighted by Crippen LogP contribution is -2.39. The number of nitrogens with zero attached hydrogens (tertiary/aromatic N) is 1. The Kier molecular flexibility index (Phi) is 8.06. The normalized spacial score (nSPS) is 10.0. The van der Waals surface area contributed by atoms with Crippen LogP contribution >= 0.6 is 12.2 Å². The minimum atomic E-state index is -0.538. The zero-order chi connectivity index (χ0) is 16.4. The van der Waals surface area contributed by atoms with Crippen molar-refractivity contribution in [1.29, 1.82) is 0 Å². The van der Waals surface area contributed by atoms with E-state index in [4.69, 9.17) is 12.2 Å². The molecule has 0 bridgehead atoms. The zero-order valence-corrected chi connectivity index (χ0v) is 13.4. The summed E-state index contributed by atoms with van der Waals surface area (Å²) >= 11 is 5.04. The summed E-state index contributed by atoms with van der Waals surface area (Å²) in [6, 6.07) is 5.54. The second-order valence-corrected chi connectivity index (χ2v) is 5.34. The highest BCUT2D eigenvalue weighted by Crippen LogP contribution is 2.12. The average Bonchev–Trinajstić information content (AvgIpc) is 2.50. The maximum absolute atomic E-state index is 11.9. The summed E-state index contributed by atoms with van der Waals surface area (Å²) < 4.78 is 0. The fraction of sp³-hybridized carbons (Fsp3) is 0.467. The summed E-state index contributed by atoms with van der Waals surface area (Å²) in [7, 11) is 0. The van der Waals surface area contributed by atoms with Crippen LogP contribution in [0.5, 0.6) is 0 Å². The first-order valence-electron chi connectivity index (χ1n) is 7.38. The van der Waals surface area contributed by atoms with Gasteiger partial charge in [0.2, 0.25) is 0 Å². The number of benzene rings is 1. The third kappa shape index (κ3) is 6.62. The molecule has 1 aromatic carbocycles. The molecule has 0 aliphatic heterocycles.